The molecular weight excluding hydrogens is 214 g/mol. The molecule has 3 nitrogen and oxygen atoms in total. The molecule has 0 heterocycles. The van der Waals surface area contributed by atoms with Crippen LogP contribution in [0.4, 0.5) is 0 Å². The topological polar surface area (TPSA) is 29.7 Å². The minimum atomic E-state index is 0. The van der Waals surface area contributed by atoms with E-state index in [1.165, 1.54) is 0 Å². The molecule has 0 saturated heterocycles. The van der Waals surface area contributed by atoms with Crippen LogP contribution in [0.15, 0.2) is 4.99 Å². The van der Waals surface area contributed by atoms with Crippen LogP contribution in [-0.4, -0.2) is 44.0 Å². The summed E-state index contributed by atoms with van der Waals surface area (Å²) in [4.78, 5) is 6.35. The number of aliphatic imine (C=N–C) groups is 1. The zero-order valence-corrected chi connectivity index (χ0v) is 10.1. The first-order valence-corrected chi connectivity index (χ1v) is 4.27. The van der Waals surface area contributed by atoms with Crippen molar-refractivity contribution in [2.24, 2.45) is 4.99 Å². The van der Waals surface area contributed by atoms with E-state index in [1.54, 1.807) is 6.34 Å². The van der Waals surface area contributed by atoms with E-state index >= 15 is 0 Å². The van der Waals surface area contributed by atoms with Crippen molar-refractivity contribution in [3.8, 4) is 0 Å². The van der Waals surface area contributed by atoms with Crippen molar-refractivity contribution in [2.45, 2.75) is 26.3 Å². The fourth-order valence-corrected chi connectivity index (χ4v) is 0.529. The largest absolute Gasteiger partial charge is 1.00 e. The number of nitrogens with zero attached hydrogens (tertiary/aromatic N) is 3. The summed E-state index contributed by atoms with van der Waals surface area (Å²) in [6, 6.07) is 0. The van der Waals surface area contributed by atoms with Crippen molar-refractivity contribution in [2.75, 3.05) is 27.2 Å². The molecule has 0 rings (SSSR count). The van der Waals surface area contributed by atoms with Gasteiger partial charge in [0.25, 0.3) is 0 Å². The maximum atomic E-state index is 4.24. The number of rotatable bonds is 4. The van der Waals surface area contributed by atoms with E-state index in [2.05, 4.69) is 36.0 Å². The summed E-state index contributed by atoms with van der Waals surface area (Å²) in [5.74, 6) is 0. The second-order valence-electron chi connectivity index (χ2n) is 4.12. The third kappa shape index (κ3) is 14.8. The molecule has 4 heteroatoms. The number of hydrogen-bond acceptors (Lipinski definition) is 2. The molecule has 82 valence electrons. The van der Waals surface area contributed by atoms with Gasteiger partial charge in [0.2, 0.25) is 0 Å². The molecule has 0 aromatic rings. The maximum Gasteiger partial charge on any atom is 1.00 e. The van der Waals surface area contributed by atoms with Crippen molar-refractivity contribution in [3.05, 3.63) is 5.32 Å². The number of likely N-dealkylation sites (N-methyl/N-ethyl adjacent to an activating group) is 1. The molecule has 0 saturated carbocycles. The molecule has 0 aliphatic carbocycles. The summed E-state index contributed by atoms with van der Waals surface area (Å²) in [6.45, 7) is 7.99. The Kier molecular flexibility index (Phi) is 8.73. The van der Waals surface area contributed by atoms with Crippen molar-refractivity contribution < 1.29 is 17.1 Å². The van der Waals surface area contributed by atoms with Gasteiger partial charge in [-0.3, -0.25) is 0 Å². The molecule has 0 aliphatic rings. The Labute approximate surface area is 92.5 Å². The van der Waals surface area contributed by atoms with Gasteiger partial charge in [-0.05, 0) is 32.7 Å². The van der Waals surface area contributed by atoms with Crippen LogP contribution in [0.2, 0.25) is 0 Å². The standard InChI is InChI=1S/C9H20N3.Cu/c1-9(2,3)11-8-10-6-7-12(4)5;/h8H,6-7H2,1-5H3;/q-1;+1. The quantitative estimate of drug-likeness (QED) is 0.315. The van der Waals surface area contributed by atoms with E-state index < -0.39 is 0 Å². The Bertz CT molecular complexity index is 138. The Balaban J connectivity index is 0. The maximum absolute atomic E-state index is 4.24. The molecule has 0 radical (unpaired) electrons. The Morgan fingerprint density at radius 1 is 1.31 bits per heavy atom. The van der Waals surface area contributed by atoms with E-state index in [1.807, 2.05) is 14.1 Å². The summed E-state index contributed by atoms with van der Waals surface area (Å²) < 4.78 is 0. The third-order valence-corrected chi connectivity index (χ3v) is 1.20. The molecule has 0 unspecified atom stereocenters. The van der Waals surface area contributed by atoms with Gasteiger partial charge in [0.05, 0.1) is 0 Å². The first kappa shape index (κ1) is 15.4. The van der Waals surface area contributed by atoms with E-state index in [-0.39, 0.29) is 22.6 Å². The molecule has 0 fully saturated rings. The first-order chi connectivity index (χ1) is 5.42. The molecule has 0 N–H and O–H groups in total. The van der Waals surface area contributed by atoms with Gasteiger partial charge in [-0.25, -0.2) is 0 Å². The minimum absolute atomic E-state index is 0. The molecule has 0 aromatic heterocycles. The van der Waals surface area contributed by atoms with Gasteiger partial charge < -0.3 is 15.2 Å². The molecule has 13 heavy (non-hydrogen) atoms. The molecule has 0 amide bonds. The normalized spacial score (nSPS) is 11.8. The zero-order chi connectivity index (χ0) is 9.61. The summed E-state index contributed by atoms with van der Waals surface area (Å²) in [5.41, 5.74) is 0.00160. The van der Waals surface area contributed by atoms with Gasteiger partial charge in [-0.1, -0.05) is 20.8 Å². The van der Waals surface area contributed by atoms with Crippen LogP contribution in [0, 0.1) is 0 Å². The van der Waals surface area contributed by atoms with E-state index in [0.29, 0.717) is 0 Å². The molecule has 0 atom stereocenters. The van der Waals surface area contributed by atoms with Crippen molar-refractivity contribution in [1.29, 1.82) is 0 Å². The molecular formula is C9H20CuN3. The van der Waals surface area contributed by atoms with Gasteiger partial charge in [0.15, 0.2) is 0 Å². The monoisotopic (exact) mass is 233 g/mol. The molecule has 0 aromatic carbocycles. The van der Waals surface area contributed by atoms with Crippen LogP contribution in [0.1, 0.15) is 20.8 Å². The van der Waals surface area contributed by atoms with Gasteiger partial charge in [-0.2, -0.15) is 0 Å². The Hall–Kier alpha value is -0.0505. The SMILES string of the molecule is CN(C)CC[N-]C=NC(C)(C)C.[Cu+]. The van der Waals surface area contributed by atoms with Crippen LogP contribution in [0.5, 0.6) is 0 Å². The fourth-order valence-electron chi connectivity index (χ4n) is 0.529. The Morgan fingerprint density at radius 2 is 1.85 bits per heavy atom. The van der Waals surface area contributed by atoms with Crippen molar-refractivity contribution in [1.82, 2.24) is 4.90 Å². The predicted molar refractivity (Wildman–Crippen MR) is 55.0 cm³/mol. The van der Waals surface area contributed by atoms with Crippen LogP contribution < -0.4 is 0 Å². The van der Waals surface area contributed by atoms with Gasteiger partial charge >= 0.3 is 17.1 Å². The summed E-state index contributed by atoms with van der Waals surface area (Å²) in [7, 11) is 4.08. The van der Waals surface area contributed by atoms with E-state index in [9.17, 15) is 0 Å². The predicted octanol–water partition coefficient (Wildman–Crippen LogP) is 1.75. The van der Waals surface area contributed by atoms with E-state index in [4.69, 9.17) is 0 Å². The summed E-state index contributed by atoms with van der Waals surface area (Å²) >= 11 is 0. The fraction of sp³-hybridized carbons (Fsp3) is 0.889. The number of hydrogen-bond donors (Lipinski definition) is 0. The van der Waals surface area contributed by atoms with Gasteiger partial charge in [-0.15, -0.1) is 6.34 Å². The summed E-state index contributed by atoms with van der Waals surface area (Å²) in [5, 5.41) is 4.16. The second kappa shape index (κ2) is 7.36. The van der Waals surface area contributed by atoms with Crippen LogP contribution in [0.3, 0.4) is 0 Å². The molecule has 0 bridgehead atoms. The molecule has 0 aliphatic heterocycles. The average Bonchev–Trinajstić information content (AvgIpc) is 1.83. The van der Waals surface area contributed by atoms with E-state index in [0.717, 1.165) is 13.1 Å². The van der Waals surface area contributed by atoms with Gasteiger partial charge in [0.1, 0.15) is 0 Å². The second-order valence-corrected chi connectivity index (χ2v) is 4.12. The zero-order valence-electron chi connectivity index (χ0n) is 9.13. The van der Waals surface area contributed by atoms with Crippen molar-refractivity contribution >= 4 is 6.34 Å². The average molecular weight is 234 g/mol. The van der Waals surface area contributed by atoms with Crippen molar-refractivity contribution in [3.63, 3.8) is 0 Å². The van der Waals surface area contributed by atoms with Crippen LogP contribution in [-0.2, 0) is 17.1 Å². The first-order valence-electron chi connectivity index (χ1n) is 4.27. The molecule has 0 spiro atoms. The third-order valence-electron chi connectivity index (χ3n) is 1.20. The summed E-state index contributed by atoms with van der Waals surface area (Å²) in [6.07, 6.45) is 1.67. The van der Waals surface area contributed by atoms with Crippen LogP contribution in [0.25, 0.3) is 5.32 Å². The van der Waals surface area contributed by atoms with Gasteiger partial charge in [0, 0.05) is 0 Å². The van der Waals surface area contributed by atoms with Crippen LogP contribution >= 0.6 is 0 Å². The minimum Gasteiger partial charge on any atom is -0.471 e. The smallest absolute Gasteiger partial charge is 0.471 e. The Morgan fingerprint density at radius 3 is 2.23 bits per heavy atom.